The van der Waals surface area contributed by atoms with E-state index in [0.29, 0.717) is 6.54 Å². The second kappa shape index (κ2) is 4.77. The minimum atomic E-state index is -0.787. The quantitative estimate of drug-likeness (QED) is 0.759. The molecule has 0 aliphatic carbocycles. The van der Waals surface area contributed by atoms with Gasteiger partial charge in [-0.05, 0) is 19.5 Å². The average molecular weight is 193 g/mol. The summed E-state index contributed by atoms with van der Waals surface area (Å²) in [6, 6.07) is 7.61. The summed E-state index contributed by atoms with van der Waals surface area (Å²) in [7, 11) is 1.76. The third-order valence-corrected chi connectivity index (χ3v) is 2.15. The van der Waals surface area contributed by atoms with Gasteiger partial charge in [0.25, 0.3) is 0 Å². The van der Waals surface area contributed by atoms with E-state index in [1.807, 2.05) is 31.2 Å². The van der Waals surface area contributed by atoms with Crippen molar-refractivity contribution in [3.8, 4) is 0 Å². The van der Waals surface area contributed by atoms with Crippen molar-refractivity contribution in [1.82, 2.24) is 5.32 Å². The molecular weight excluding hydrogens is 178 g/mol. The van der Waals surface area contributed by atoms with Crippen molar-refractivity contribution in [3.63, 3.8) is 0 Å². The van der Waals surface area contributed by atoms with Crippen LogP contribution in [-0.4, -0.2) is 24.7 Å². The van der Waals surface area contributed by atoms with Gasteiger partial charge in [-0.25, -0.2) is 0 Å². The Balaban J connectivity index is 2.93. The van der Waals surface area contributed by atoms with Crippen molar-refractivity contribution in [1.29, 1.82) is 0 Å². The molecule has 1 unspecified atom stereocenters. The van der Waals surface area contributed by atoms with Crippen LogP contribution in [0.15, 0.2) is 24.3 Å². The predicted octanol–water partition coefficient (Wildman–Crippen LogP) is 1.38. The van der Waals surface area contributed by atoms with Gasteiger partial charge in [-0.3, -0.25) is 4.79 Å². The highest BCUT2D eigenvalue weighted by atomic mass is 16.4. The molecule has 1 aromatic carbocycles. The maximum atomic E-state index is 11.0. The highest BCUT2D eigenvalue weighted by Crippen LogP contribution is 2.16. The highest BCUT2D eigenvalue weighted by molar-refractivity contribution is 5.76. The largest absolute Gasteiger partial charge is 0.481 e. The van der Waals surface area contributed by atoms with Crippen LogP contribution in [-0.2, 0) is 4.79 Å². The van der Waals surface area contributed by atoms with Gasteiger partial charge < -0.3 is 10.4 Å². The molecule has 1 aromatic rings. The number of carboxylic acids is 1. The molecule has 1 atom stereocenters. The molecule has 0 bridgehead atoms. The topological polar surface area (TPSA) is 49.3 Å². The number of carbonyl (C=O) groups is 1. The lowest BCUT2D eigenvalue weighted by Gasteiger charge is -2.12. The van der Waals surface area contributed by atoms with E-state index in [-0.39, 0.29) is 0 Å². The SMILES string of the molecule is CNCC(C(=O)O)c1cccc(C)c1. The molecule has 0 aliphatic heterocycles. The Morgan fingerprint density at radius 1 is 1.57 bits per heavy atom. The first-order valence-electron chi connectivity index (χ1n) is 4.59. The zero-order chi connectivity index (χ0) is 10.6. The molecule has 3 nitrogen and oxygen atoms in total. The van der Waals surface area contributed by atoms with E-state index in [4.69, 9.17) is 5.11 Å². The Kier molecular flexibility index (Phi) is 3.65. The number of hydrogen-bond acceptors (Lipinski definition) is 2. The summed E-state index contributed by atoms with van der Waals surface area (Å²) in [4.78, 5) is 11.0. The molecule has 14 heavy (non-hydrogen) atoms. The van der Waals surface area contributed by atoms with E-state index in [1.165, 1.54) is 0 Å². The van der Waals surface area contributed by atoms with Crippen LogP contribution in [0.2, 0.25) is 0 Å². The summed E-state index contributed by atoms with van der Waals surface area (Å²) in [5.41, 5.74) is 1.94. The molecule has 0 spiro atoms. The molecule has 0 saturated carbocycles. The van der Waals surface area contributed by atoms with Crippen LogP contribution in [0.3, 0.4) is 0 Å². The van der Waals surface area contributed by atoms with E-state index >= 15 is 0 Å². The lowest BCUT2D eigenvalue weighted by Crippen LogP contribution is -2.24. The number of likely N-dealkylation sites (N-methyl/N-ethyl adjacent to an activating group) is 1. The van der Waals surface area contributed by atoms with Gasteiger partial charge in [-0.1, -0.05) is 29.8 Å². The smallest absolute Gasteiger partial charge is 0.312 e. The van der Waals surface area contributed by atoms with Gasteiger partial charge in [-0.2, -0.15) is 0 Å². The summed E-state index contributed by atoms with van der Waals surface area (Å²) in [5, 5.41) is 11.9. The molecule has 0 aromatic heterocycles. The lowest BCUT2D eigenvalue weighted by molar-refractivity contribution is -0.138. The van der Waals surface area contributed by atoms with Crippen LogP contribution >= 0.6 is 0 Å². The van der Waals surface area contributed by atoms with Crippen LogP contribution in [0.1, 0.15) is 17.0 Å². The summed E-state index contributed by atoms with van der Waals surface area (Å²) >= 11 is 0. The molecule has 0 radical (unpaired) electrons. The normalized spacial score (nSPS) is 12.4. The maximum Gasteiger partial charge on any atom is 0.312 e. The van der Waals surface area contributed by atoms with Crippen LogP contribution in [0, 0.1) is 6.92 Å². The second-order valence-electron chi connectivity index (χ2n) is 3.36. The number of rotatable bonds is 4. The van der Waals surface area contributed by atoms with E-state index in [9.17, 15) is 4.79 Å². The van der Waals surface area contributed by atoms with Gasteiger partial charge in [0.15, 0.2) is 0 Å². The fourth-order valence-electron chi connectivity index (χ4n) is 1.44. The predicted molar refractivity (Wildman–Crippen MR) is 55.5 cm³/mol. The summed E-state index contributed by atoms with van der Waals surface area (Å²) < 4.78 is 0. The Morgan fingerprint density at radius 3 is 2.79 bits per heavy atom. The molecule has 0 heterocycles. The first kappa shape index (κ1) is 10.7. The number of carboxylic acid groups (broad SMARTS) is 1. The van der Waals surface area contributed by atoms with Crippen LogP contribution < -0.4 is 5.32 Å². The molecule has 0 fully saturated rings. The van der Waals surface area contributed by atoms with Crippen molar-refractivity contribution < 1.29 is 9.90 Å². The summed E-state index contributed by atoms with van der Waals surface area (Å²) in [6.45, 7) is 2.42. The zero-order valence-corrected chi connectivity index (χ0v) is 8.45. The molecule has 3 heteroatoms. The monoisotopic (exact) mass is 193 g/mol. The second-order valence-corrected chi connectivity index (χ2v) is 3.36. The van der Waals surface area contributed by atoms with Gasteiger partial charge in [0.05, 0.1) is 5.92 Å². The van der Waals surface area contributed by atoms with E-state index in [2.05, 4.69) is 5.32 Å². The van der Waals surface area contributed by atoms with Crippen LogP contribution in [0.4, 0.5) is 0 Å². The summed E-state index contributed by atoms with van der Waals surface area (Å²) in [6.07, 6.45) is 0. The average Bonchev–Trinajstić information content (AvgIpc) is 2.13. The Hall–Kier alpha value is -1.35. The van der Waals surface area contributed by atoms with Gasteiger partial charge in [0.1, 0.15) is 0 Å². The first-order valence-corrected chi connectivity index (χ1v) is 4.59. The van der Waals surface area contributed by atoms with Crippen LogP contribution in [0.25, 0.3) is 0 Å². The van der Waals surface area contributed by atoms with Gasteiger partial charge in [-0.15, -0.1) is 0 Å². The first-order chi connectivity index (χ1) is 6.65. The third-order valence-electron chi connectivity index (χ3n) is 2.15. The number of hydrogen-bond donors (Lipinski definition) is 2. The number of benzene rings is 1. The molecule has 1 rings (SSSR count). The van der Waals surface area contributed by atoms with Crippen molar-refractivity contribution in [3.05, 3.63) is 35.4 Å². The van der Waals surface area contributed by atoms with Gasteiger partial charge >= 0.3 is 5.97 Å². The van der Waals surface area contributed by atoms with E-state index < -0.39 is 11.9 Å². The molecule has 2 N–H and O–H groups in total. The minimum absolute atomic E-state index is 0.457. The third kappa shape index (κ3) is 2.57. The summed E-state index contributed by atoms with van der Waals surface area (Å²) in [5.74, 6) is -1.25. The van der Waals surface area contributed by atoms with Crippen molar-refractivity contribution in [2.24, 2.45) is 0 Å². The van der Waals surface area contributed by atoms with Gasteiger partial charge in [0, 0.05) is 6.54 Å². The lowest BCUT2D eigenvalue weighted by atomic mass is 9.98. The Bertz CT molecular complexity index is 323. The fraction of sp³-hybridized carbons (Fsp3) is 0.364. The fourth-order valence-corrected chi connectivity index (χ4v) is 1.44. The minimum Gasteiger partial charge on any atom is -0.481 e. The number of aliphatic carboxylic acids is 1. The van der Waals surface area contributed by atoms with E-state index in [1.54, 1.807) is 7.05 Å². The van der Waals surface area contributed by atoms with Crippen LogP contribution in [0.5, 0.6) is 0 Å². The Labute approximate surface area is 83.8 Å². The van der Waals surface area contributed by atoms with Crippen molar-refractivity contribution in [2.45, 2.75) is 12.8 Å². The molecule has 76 valence electrons. The standard InChI is InChI=1S/C11H15NO2/c1-8-4-3-5-9(6-8)10(7-12-2)11(13)14/h3-6,10,12H,7H2,1-2H3,(H,13,14). The number of aryl methyl sites for hydroxylation is 1. The van der Waals surface area contributed by atoms with Crippen molar-refractivity contribution in [2.75, 3.05) is 13.6 Å². The zero-order valence-electron chi connectivity index (χ0n) is 8.45. The van der Waals surface area contributed by atoms with E-state index in [0.717, 1.165) is 11.1 Å². The molecular formula is C11H15NO2. The molecule has 0 amide bonds. The maximum absolute atomic E-state index is 11.0. The van der Waals surface area contributed by atoms with Crippen molar-refractivity contribution >= 4 is 5.97 Å². The molecule has 0 saturated heterocycles. The van der Waals surface area contributed by atoms with Gasteiger partial charge in [0.2, 0.25) is 0 Å². The Morgan fingerprint density at radius 2 is 2.29 bits per heavy atom. The molecule has 0 aliphatic rings. The number of nitrogens with one attached hydrogen (secondary N) is 1. The highest BCUT2D eigenvalue weighted by Gasteiger charge is 2.18.